The molecule has 0 nitrogen and oxygen atoms in total. The van der Waals surface area contributed by atoms with Crippen molar-refractivity contribution in [3.05, 3.63) is 0 Å². The standard InChI is InChI=1S/3C5H9.Sn.H/c3*1-2-4-5-3-1;;/h3*1H,2-5H2;;/q;;;;-1. The van der Waals surface area contributed by atoms with Crippen molar-refractivity contribution in [2.24, 2.45) is 0 Å². The van der Waals surface area contributed by atoms with Gasteiger partial charge in [0.05, 0.1) is 0 Å². The van der Waals surface area contributed by atoms with E-state index in [0.717, 1.165) is 0 Å². The first-order valence-corrected chi connectivity index (χ1v) is 12.8. The summed E-state index contributed by atoms with van der Waals surface area (Å²) in [4.78, 5) is 0. The molecule has 3 aliphatic rings. The topological polar surface area (TPSA) is 0 Å². The largest absolute Gasteiger partial charge is 1.00 e. The first kappa shape index (κ1) is 11.9. The number of rotatable bonds is 3. The van der Waals surface area contributed by atoms with Crippen LogP contribution in [0.1, 0.15) is 78.5 Å². The third kappa shape index (κ3) is 2.47. The van der Waals surface area contributed by atoms with Crippen molar-refractivity contribution >= 4 is 19.8 Å². The van der Waals surface area contributed by atoms with Crippen LogP contribution in [0.5, 0.6) is 0 Å². The van der Waals surface area contributed by atoms with Crippen LogP contribution in [0, 0.1) is 0 Å². The maximum Gasteiger partial charge on any atom is -1.00 e. The summed E-state index contributed by atoms with van der Waals surface area (Å²) in [6.07, 6.45) is 19.6. The molecule has 3 fully saturated rings. The van der Waals surface area contributed by atoms with E-state index in [4.69, 9.17) is 0 Å². The number of hydrogen-bond acceptors (Lipinski definition) is 0. The quantitative estimate of drug-likeness (QED) is 0.607. The van der Waals surface area contributed by atoms with Crippen molar-refractivity contribution in [2.75, 3.05) is 0 Å². The van der Waals surface area contributed by atoms with Crippen LogP contribution in [0.15, 0.2) is 0 Å². The summed E-state index contributed by atoms with van der Waals surface area (Å²) < 4.78 is 4.02. The Hall–Kier alpha value is 0.799. The molecule has 0 amide bonds. The molecule has 0 aromatic carbocycles. The maximum atomic E-state index is 1.67. The van der Waals surface area contributed by atoms with Crippen LogP contribution < -0.4 is 0 Å². The van der Waals surface area contributed by atoms with Crippen molar-refractivity contribution in [1.29, 1.82) is 0 Å². The normalized spacial score (nSPS) is 29.8. The molecule has 0 N–H and O–H groups in total. The Kier molecular flexibility index (Phi) is 4.17. The van der Waals surface area contributed by atoms with E-state index in [-0.39, 0.29) is 1.43 Å². The minimum absolute atomic E-state index is 0. The monoisotopic (exact) mass is 328 g/mol. The SMILES string of the molecule is C1CC[CH]([Sn]([CH]2CCCC2)[CH]2CCCC2)C1.[H-]. The van der Waals surface area contributed by atoms with E-state index in [2.05, 4.69) is 0 Å². The van der Waals surface area contributed by atoms with Crippen molar-refractivity contribution in [1.82, 2.24) is 0 Å². The summed E-state index contributed by atoms with van der Waals surface area (Å²) in [7, 11) is 0. The van der Waals surface area contributed by atoms with Gasteiger partial charge in [0.1, 0.15) is 0 Å². The van der Waals surface area contributed by atoms with Crippen LogP contribution >= 0.6 is 0 Å². The molecule has 0 saturated heterocycles. The minimum Gasteiger partial charge on any atom is -1.00 e. The minimum atomic E-state index is -1.04. The average Bonchev–Trinajstić information content (AvgIpc) is 3.02. The molecule has 0 unspecified atom stereocenters. The summed E-state index contributed by atoms with van der Waals surface area (Å²) >= 11 is -1.04. The molecule has 0 aromatic heterocycles. The fourth-order valence-electron chi connectivity index (χ4n) is 4.78. The molecule has 0 heterocycles. The van der Waals surface area contributed by atoms with Gasteiger partial charge in [-0.3, -0.25) is 0 Å². The van der Waals surface area contributed by atoms with Gasteiger partial charge in [0.2, 0.25) is 0 Å². The molecule has 16 heavy (non-hydrogen) atoms. The van der Waals surface area contributed by atoms with Crippen LogP contribution in [0.25, 0.3) is 0 Å². The van der Waals surface area contributed by atoms with E-state index in [1.165, 1.54) is 11.8 Å². The van der Waals surface area contributed by atoms with Gasteiger partial charge >= 0.3 is 109 Å². The Morgan fingerprint density at radius 1 is 0.500 bits per heavy atom. The van der Waals surface area contributed by atoms with Crippen molar-refractivity contribution in [3.63, 3.8) is 0 Å². The molecular weight excluding hydrogens is 299 g/mol. The molecule has 0 aliphatic heterocycles. The molecule has 0 atom stereocenters. The molecule has 1 heteroatoms. The Balaban J connectivity index is 0.00000108. The van der Waals surface area contributed by atoms with Gasteiger partial charge in [-0.1, -0.05) is 0 Å². The van der Waals surface area contributed by atoms with Gasteiger partial charge in [-0.2, -0.15) is 0 Å². The van der Waals surface area contributed by atoms with E-state index in [1.807, 2.05) is 0 Å². The van der Waals surface area contributed by atoms with E-state index < -0.39 is 19.8 Å². The fraction of sp³-hybridized carbons (Fsp3) is 1.00. The van der Waals surface area contributed by atoms with Gasteiger partial charge in [-0.05, 0) is 0 Å². The molecule has 93 valence electrons. The van der Waals surface area contributed by atoms with Gasteiger partial charge in [0.25, 0.3) is 0 Å². The average molecular weight is 327 g/mol. The second kappa shape index (κ2) is 5.63. The van der Waals surface area contributed by atoms with Gasteiger partial charge in [-0.15, -0.1) is 0 Å². The van der Waals surface area contributed by atoms with Gasteiger partial charge in [-0.25, -0.2) is 0 Å². The second-order valence-electron chi connectivity index (χ2n) is 6.44. The Bertz CT molecular complexity index is 175. The summed E-state index contributed by atoms with van der Waals surface area (Å²) in [6.45, 7) is 0. The molecule has 3 aliphatic carbocycles. The van der Waals surface area contributed by atoms with Crippen LogP contribution in [0.3, 0.4) is 0 Å². The number of hydrogen-bond donors (Lipinski definition) is 0. The van der Waals surface area contributed by atoms with E-state index in [1.54, 1.807) is 77.0 Å². The first-order chi connectivity index (χ1) is 7.95. The Morgan fingerprint density at radius 3 is 1.00 bits per heavy atom. The predicted molar refractivity (Wildman–Crippen MR) is 73.5 cm³/mol. The van der Waals surface area contributed by atoms with Crippen molar-refractivity contribution in [3.8, 4) is 0 Å². The third-order valence-corrected chi connectivity index (χ3v) is 18.5. The summed E-state index contributed by atoms with van der Waals surface area (Å²) in [6, 6.07) is 0. The van der Waals surface area contributed by atoms with Crippen molar-refractivity contribution in [2.45, 2.75) is 88.9 Å². The third-order valence-electron chi connectivity index (χ3n) is 5.48. The molecule has 3 saturated carbocycles. The Morgan fingerprint density at radius 2 is 0.750 bits per heavy atom. The van der Waals surface area contributed by atoms with E-state index in [0.29, 0.717) is 0 Å². The van der Waals surface area contributed by atoms with Gasteiger partial charge in [0.15, 0.2) is 0 Å². The molecule has 0 bridgehead atoms. The summed E-state index contributed by atoms with van der Waals surface area (Å²) in [5.74, 6) is 0. The summed E-state index contributed by atoms with van der Waals surface area (Å²) in [5, 5.41) is 0. The summed E-state index contributed by atoms with van der Waals surface area (Å²) in [5.41, 5.74) is 0. The van der Waals surface area contributed by atoms with Crippen molar-refractivity contribution < 1.29 is 1.43 Å². The zero-order valence-electron chi connectivity index (χ0n) is 11.7. The fourth-order valence-corrected chi connectivity index (χ4v) is 19.7. The zero-order valence-corrected chi connectivity index (χ0v) is 13.6. The van der Waals surface area contributed by atoms with Gasteiger partial charge < -0.3 is 1.43 Å². The first-order valence-electron chi connectivity index (χ1n) is 7.82. The van der Waals surface area contributed by atoms with Crippen LogP contribution in [0.4, 0.5) is 0 Å². The van der Waals surface area contributed by atoms with Gasteiger partial charge in [0, 0.05) is 0 Å². The van der Waals surface area contributed by atoms with E-state index >= 15 is 0 Å². The van der Waals surface area contributed by atoms with Crippen LogP contribution in [0.2, 0.25) is 11.8 Å². The van der Waals surface area contributed by atoms with E-state index in [9.17, 15) is 0 Å². The molecule has 0 spiro atoms. The second-order valence-corrected chi connectivity index (χ2v) is 16.3. The predicted octanol–water partition coefficient (Wildman–Crippen LogP) is 5.43. The van der Waals surface area contributed by atoms with Crippen LogP contribution in [-0.4, -0.2) is 19.8 Å². The molecule has 0 aromatic rings. The Labute approximate surface area is 110 Å². The van der Waals surface area contributed by atoms with Crippen LogP contribution in [-0.2, 0) is 0 Å². The smallest absolute Gasteiger partial charge is 1.00 e. The molecule has 1 radical (unpaired) electrons. The molecule has 3 rings (SSSR count). The zero-order chi connectivity index (χ0) is 10.8. The maximum absolute atomic E-state index is 1.67. The molecular formula is C15H28Sn-.